The molecule has 1 unspecified atom stereocenters. The highest BCUT2D eigenvalue weighted by molar-refractivity contribution is 5.65. The van der Waals surface area contributed by atoms with Crippen molar-refractivity contribution in [1.82, 2.24) is 15.1 Å². The van der Waals surface area contributed by atoms with Crippen LogP contribution in [0, 0.1) is 30.5 Å². The van der Waals surface area contributed by atoms with Gasteiger partial charge in [-0.15, -0.1) is 10.2 Å². The Morgan fingerprint density at radius 1 is 1.12 bits per heavy atom. The molecule has 0 radical (unpaired) electrons. The van der Waals surface area contributed by atoms with Gasteiger partial charge in [0.25, 0.3) is 0 Å². The third kappa shape index (κ3) is 5.05. The molecule has 0 bridgehead atoms. The van der Waals surface area contributed by atoms with Gasteiger partial charge < -0.3 is 15.0 Å². The third-order valence-electron chi connectivity index (χ3n) is 7.25. The summed E-state index contributed by atoms with van der Waals surface area (Å²) >= 11 is 0. The second-order valence-electron chi connectivity index (χ2n) is 9.70. The van der Waals surface area contributed by atoms with E-state index >= 15 is 0 Å². The van der Waals surface area contributed by atoms with Gasteiger partial charge in [-0.2, -0.15) is 13.2 Å². The van der Waals surface area contributed by atoms with Gasteiger partial charge in [-0.25, -0.2) is 4.39 Å². The summed E-state index contributed by atoms with van der Waals surface area (Å²) in [7, 11) is 0. The Hall–Kier alpha value is -2.26. The molecule has 3 fully saturated rings. The quantitative estimate of drug-likeness (QED) is 0.600. The lowest BCUT2D eigenvalue weighted by atomic mass is 10.00. The Morgan fingerprint density at radius 2 is 1.82 bits per heavy atom. The van der Waals surface area contributed by atoms with Crippen LogP contribution in [0.1, 0.15) is 39.6 Å². The van der Waals surface area contributed by atoms with Crippen LogP contribution in [-0.4, -0.2) is 53.9 Å². The molecule has 1 aromatic heterocycles. The van der Waals surface area contributed by atoms with Crippen molar-refractivity contribution in [2.75, 3.05) is 38.1 Å². The van der Waals surface area contributed by atoms with Gasteiger partial charge in [0.15, 0.2) is 5.82 Å². The number of ether oxygens (including phenoxy) is 1. The summed E-state index contributed by atoms with van der Waals surface area (Å²) in [5.74, 6) is -0.507. The van der Waals surface area contributed by atoms with Crippen molar-refractivity contribution in [3.63, 3.8) is 0 Å². The highest BCUT2D eigenvalue weighted by Gasteiger charge is 2.43. The second-order valence-corrected chi connectivity index (χ2v) is 9.70. The van der Waals surface area contributed by atoms with Gasteiger partial charge in [0, 0.05) is 47.1 Å². The van der Waals surface area contributed by atoms with E-state index in [4.69, 9.17) is 7.48 Å². The maximum absolute atomic E-state index is 13.9. The number of aryl methyl sites for hydroxylation is 1. The zero-order chi connectivity index (χ0) is 25.7. The van der Waals surface area contributed by atoms with E-state index in [9.17, 15) is 17.6 Å². The van der Waals surface area contributed by atoms with E-state index in [-0.39, 0.29) is 40.9 Å². The summed E-state index contributed by atoms with van der Waals surface area (Å²) in [5, 5.41) is 10.8. The molecular formula is C25H30F4N4O. The molecule has 184 valence electrons. The molecule has 2 aliphatic heterocycles. The van der Waals surface area contributed by atoms with Gasteiger partial charge >= 0.3 is 6.18 Å². The minimum atomic E-state index is -4.65. The zero-order valence-electron chi connectivity index (χ0n) is 21.0. The Kier molecular flexibility index (Phi) is 5.83. The molecule has 3 aliphatic rings. The molecule has 5 nitrogen and oxygen atoms in total. The van der Waals surface area contributed by atoms with E-state index in [1.807, 2.05) is 4.90 Å². The summed E-state index contributed by atoms with van der Waals surface area (Å²) in [6, 6.07) is 4.64. The molecule has 0 amide bonds. The predicted molar refractivity (Wildman–Crippen MR) is 121 cm³/mol. The summed E-state index contributed by atoms with van der Waals surface area (Å²) in [5.41, 5.74) is -0.0768. The highest BCUT2D eigenvalue weighted by Crippen LogP contribution is 2.42. The van der Waals surface area contributed by atoms with Gasteiger partial charge in [0.05, 0.1) is 5.69 Å². The molecule has 2 saturated heterocycles. The van der Waals surface area contributed by atoms with Crippen LogP contribution in [0.15, 0.2) is 24.3 Å². The van der Waals surface area contributed by atoms with Gasteiger partial charge in [-0.05, 0) is 74.1 Å². The van der Waals surface area contributed by atoms with E-state index in [0.29, 0.717) is 57.6 Å². The number of alkyl halides is 3. The van der Waals surface area contributed by atoms with E-state index < -0.39 is 24.1 Å². The number of hydrogen-bond acceptors (Lipinski definition) is 5. The third-order valence-corrected chi connectivity index (χ3v) is 7.25. The van der Waals surface area contributed by atoms with Gasteiger partial charge in [-0.1, -0.05) is 6.07 Å². The van der Waals surface area contributed by atoms with Crippen molar-refractivity contribution in [3.05, 3.63) is 41.2 Å². The molecule has 5 rings (SSSR count). The van der Waals surface area contributed by atoms with Crippen LogP contribution in [0.25, 0.3) is 11.3 Å². The molecule has 1 saturated carbocycles. The van der Waals surface area contributed by atoms with E-state index in [1.165, 1.54) is 12.1 Å². The van der Waals surface area contributed by atoms with Crippen molar-refractivity contribution in [2.45, 2.75) is 44.8 Å². The number of hydrogen-bond donors (Lipinski definition) is 1. The number of rotatable bonds is 5. The number of aromatic nitrogens is 2. The average Bonchev–Trinajstić information content (AvgIpc) is 3.40. The van der Waals surface area contributed by atoms with Crippen molar-refractivity contribution in [3.8, 4) is 11.3 Å². The monoisotopic (exact) mass is 480 g/mol. The minimum absolute atomic E-state index is 0.0286. The molecule has 2 aromatic rings. The fourth-order valence-electron chi connectivity index (χ4n) is 5.52. The molecule has 3 atom stereocenters. The van der Waals surface area contributed by atoms with E-state index in [0.717, 1.165) is 12.1 Å². The van der Waals surface area contributed by atoms with Crippen LogP contribution in [0.5, 0.6) is 0 Å². The normalized spacial score (nSPS) is 27.4. The van der Waals surface area contributed by atoms with Crippen molar-refractivity contribution in [2.24, 2.45) is 17.8 Å². The lowest BCUT2D eigenvalue weighted by molar-refractivity contribution is -0.137. The van der Waals surface area contributed by atoms with Crippen LogP contribution in [0.3, 0.4) is 0 Å². The van der Waals surface area contributed by atoms with Crippen LogP contribution >= 0.6 is 0 Å². The molecule has 1 aromatic carbocycles. The smallest absolute Gasteiger partial charge is 0.381 e. The highest BCUT2D eigenvalue weighted by atomic mass is 19.4. The topological polar surface area (TPSA) is 50.3 Å². The first kappa shape index (κ1) is 21.1. The summed E-state index contributed by atoms with van der Waals surface area (Å²) in [4.78, 5) is 1.92. The SMILES string of the molecule is [2H]C([2H])(C1CCOCC1)N1C[C@H]2CC(Nc3nnc(-c4cc(F)ccc4C)cc3C(F)(F)F)C[C@H]2C1. The van der Waals surface area contributed by atoms with E-state index in [2.05, 4.69) is 15.5 Å². The Labute approximate surface area is 199 Å². The molecule has 9 heteroatoms. The fourth-order valence-corrected chi connectivity index (χ4v) is 5.52. The summed E-state index contributed by atoms with van der Waals surface area (Å²) in [6.07, 6.45) is -1.96. The Bertz CT molecular complexity index is 1100. The van der Waals surface area contributed by atoms with Crippen LogP contribution in [0.4, 0.5) is 23.4 Å². The molecular weight excluding hydrogens is 448 g/mol. The standard InChI is InChI=1S/C25H30F4N4O/c1-15-2-3-19(26)10-21(15)23-11-22(25(27,28)29)24(32-31-23)30-20-8-17-13-33(14-18(17)9-20)12-16-4-6-34-7-5-16/h2-3,10-11,16-18,20H,4-9,12-14H2,1H3,(H,30,32)/t17-,18+,20?/i12D2. The molecule has 34 heavy (non-hydrogen) atoms. The van der Waals surface area contributed by atoms with Gasteiger partial charge in [0.2, 0.25) is 0 Å². The summed E-state index contributed by atoms with van der Waals surface area (Å²) < 4.78 is 78.3. The molecule has 1 aliphatic carbocycles. The average molecular weight is 481 g/mol. The van der Waals surface area contributed by atoms with E-state index in [1.54, 1.807) is 6.92 Å². The fraction of sp³-hybridized carbons (Fsp3) is 0.600. The maximum Gasteiger partial charge on any atom is 0.420 e. The Balaban J connectivity index is 1.29. The molecule has 0 spiro atoms. The molecule has 3 heterocycles. The number of benzene rings is 1. The van der Waals surface area contributed by atoms with Gasteiger partial charge in [-0.3, -0.25) is 0 Å². The number of likely N-dealkylation sites (tertiary alicyclic amines) is 1. The largest absolute Gasteiger partial charge is 0.420 e. The van der Waals surface area contributed by atoms with Crippen LogP contribution in [0.2, 0.25) is 0 Å². The number of halogens is 4. The predicted octanol–water partition coefficient (Wildman–Crippen LogP) is 5.16. The number of fused-ring (bicyclic) bond motifs is 1. The van der Waals surface area contributed by atoms with Crippen molar-refractivity contribution < 1.29 is 25.0 Å². The van der Waals surface area contributed by atoms with Gasteiger partial charge in [0.1, 0.15) is 11.4 Å². The Morgan fingerprint density at radius 3 is 2.50 bits per heavy atom. The van der Waals surface area contributed by atoms with Crippen LogP contribution in [-0.2, 0) is 10.9 Å². The summed E-state index contributed by atoms with van der Waals surface area (Å²) in [6.45, 7) is 2.64. The molecule has 1 N–H and O–H groups in total. The lowest BCUT2D eigenvalue weighted by Gasteiger charge is -2.28. The lowest BCUT2D eigenvalue weighted by Crippen LogP contribution is -2.32. The number of nitrogens with zero attached hydrogens (tertiary/aromatic N) is 3. The van der Waals surface area contributed by atoms with Crippen molar-refractivity contribution >= 4 is 5.82 Å². The van der Waals surface area contributed by atoms with Crippen molar-refractivity contribution in [1.29, 1.82) is 0 Å². The maximum atomic E-state index is 13.9. The minimum Gasteiger partial charge on any atom is -0.381 e. The first-order valence-corrected chi connectivity index (χ1v) is 11.8. The zero-order valence-corrected chi connectivity index (χ0v) is 19.0. The number of anilines is 1. The second kappa shape index (κ2) is 9.41. The first-order chi connectivity index (χ1) is 17.0. The van der Waals surface area contributed by atoms with Crippen LogP contribution < -0.4 is 5.32 Å². The number of nitrogens with one attached hydrogen (secondary N) is 1. The first-order valence-electron chi connectivity index (χ1n) is 12.8.